The lowest BCUT2D eigenvalue weighted by Crippen LogP contribution is -2.58. The van der Waals surface area contributed by atoms with Gasteiger partial charge in [-0.05, 0) is 37.1 Å². The molecule has 168 valence electrons. The SMILES string of the molecule is COc1ccc(C(=O)N[C@@H]2C[C@H]3C(=O)NC[C@@H](CCC(=O)N4CCOCC4)N3C2)cc1. The Bertz CT molecular complexity index is 809. The molecule has 0 unspecified atom stereocenters. The molecule has 3 fully saturated rings. The molecule has 9 nitrogen and oxygen atoms in total. The Balaban J connectivity index is 1.33. The van der Waals surface area contributed by atoms with Crippen LogP contribution in [0.4, 0.5) is 0 Å². The zero-order valence-corrected chi connectivity index (χ0v) is 17.8. The molecule has 0 aromatic heterocycles. The molecule has 0 radical (unpaired) electrons. The molecular weight excluding hydrogens is 400 g/mol. The minimum atomic E-state index is -0.265. The van der Waals surface area contributed by atoms with Gasteiger partial charge in [0.1, 0.15) is 5.75 Å². The van der Waals surface area contributed by atoms with Gasteiger partial charge >= 0.3 is 0 Å². The first-order valence-corrected chi connectivity index (χ1v) is 10.9. The monoisotopic (exact) mass is 430 g/mol. The van der Waals surface area contributed by atoms with Crippen molar-refractivity contribution < 1.29 is 23.9 Å². The largest absolute Gasteiger partial charge is 0.497 e. The smallest absolute Gasteiger partial charge is 0.251 e. The molecule has 0 saturated carbocycles. The van der Waals surface area contributed by atoms with Crippen LogP contribution in [0.5, 0.6) is 5.75 Å². The van der Waals surface area contributed by atoms with Crippen LogP contribution in [0.2, 0.25) is 0 Å². The summed E-state index contributed by atoms with van der Waals surface area (Å²) in [5.41, 5.74) is 0.558. The third-order valence-electron chi connectivity index (χ3n) is 6.37. The maximum absolute atomic E-state index is 12.6. The first-order chi connectivity index (χ1) is 15.0. The predicted octanol–water partition coefficient (Wildman–Crippen LogP) is 0.00530. The average molecular weight is 431 g/mol. The average Bonchev–Trinajstić information content (AvgIpc) is 3.23. The molecule has 4 rings (SSSR count). The second-order valence-corrected chi connectivity index (χ2v) is 8.28. The number of nitrogens with zero attached hydrogens (tertiary/aromatic N) is 2. The zero-order chi connectivity index (χ0) is 21.8. The number of nitrogens with one attached hydrogen (secondary N) is 2. The molecule has 3 saturated heterocycles. The molecule has 0 bridgehead atoms. The summed E-state index contributed by atoms with van der Waals surface area (Å²) >= 11 is 0. The van der Waals surface area contributed by atoms with E-state index in [-0.39, 0.29) is 35.8 Å². The van der Waals surface area contributed by atoms with E-state index < -0.39 is 0 Å². The van der Waals surface area contributed by atoms with Crippen LogP contribution >= 0.6 is 0 Å². The first-order valence-electron chi connectivity index (χ1n) is 10.9. The Labute approximate surface area is 182 Å². The van der Waals surface area contributed by atoms with E-state index >= 15 is 0 Å². The third-order valence-corrected chi connectivity index (χ3v) is 6.37. The Kier molecular flexibility index (Phi) is 6.72. The van der Waals surface area contributed by atoms with Crippen molar-refractivity contribution in [1.29, 1.82) is 0 Å². The number of piperazine rings is 1. The van der Waals surface area contributed by atoms with Crippen molar-refractivity contribution in [3.8, 4) is 5.75 Å². The predicted molar refractivity (Wildman–Crippen MR) is 113 cm³/mol. The molecule has 1 aromatic rings. The van der Waals surface area contributed by atoms with Crippen LogP contribution < -0.4 is 15.4 Å². The Morgan fingerprint density at radius 3 is 2.68 bits per heavy atom. The summed E-state index contributed by atoms with van der Waals surface area (Å²) in [4.78, 5) is 41.6. The lowest BCUT2D eigenvalue weighted by molar-refractivity contribution is -0.136. The number of ether oxygens (including phenoxy) is 2. The van der Waals surface area contributed by atoms with E-state index in [1.54, 1.807) is 31.4 Å². The molecule has 3 amide bonds. The number of rotatable bonds is 6. The fraction of sp³-hybridized carbons (Fsp3) is 0.591. The fourth-order valence-corrected chi connectivity index (χ4v) is 4.62. The van der Waals surface area contributed by atoms with Crippen molar-refractivity contribution in [2.45, 2.75) is 37.4 Å². The van der Waals surface area contributed by atoms with E-state index in [9.17, 15) is 14.4 Å². The number of hydrogen-bond donors (Lipinski definition) is 2. The highest BCUT2D eigenvalue weighted by Gasteiger charge is 2.43. The van der Waals surface area contributed by atoms with Gasteiger partial charge in [0, 0.05) is 50.2 Å². The standard InChI is InChI=1S/C22H30N4O5/c1-30-18-5-2-15(3-6-18)21(28)24-16-12-19-22(29)23-13-17(26(19)14-16)4-7-20(27)25-8-10-31-11-9-25/h2-3,5-6,16-17,19H,4,7-14H2,1H3,(H,23,29)(H,24,28)/t16-,17-,19+/m1/s1. The second kappa shape index (κ2) is 9.65. The van der Waals surface area contributed by atoms with E-state index in [0.717, 1.165) is 0 Å². The van der Waals surface area contributed by atoms with E-state index in [2.05, 4.69) is 15.5 Å². The highest BCUT2D eigenvalue weighted by Crippen LogP contribution is 2.26. The molecule has 0 spiro atoms. The summed E-state index contributed by atoms with van der Waals surface area (Å²) in [5, 5.41) is 6.03. The molecule has 0 aliphatic carbocycles. The number of carbonyl (C=O) groups excluding carboxylic acids is 3. The Hall–Kier alpha value is -2.65. The van der Waals surface area contributed by atoms with Gasteiger partial charge in [-0.2, -0.15) is 0 Å². The maximum Gasteiger partial charge on any atom is 0.251 e. The van der Waals surface area contributed by atoms with Crippen LogP contribution in [-0.4, -0.2) is 92.1 Å². The van der Waals surface area contributed by atoms with Gasteiger partial charge < -0.3 is 25.0 Å². The number of carbonyl (C=O) groups is 3. The quantitative estimate of drug-likeness (QED) is 0.659. The summed E-state index contributed by atoms with van der Waals surface area (Å²) in [6.07, 6.45) is 1.71. The number of hydrogen-bond acceptors (Lipinski definition) is 6. The van der Waals surface area contributed by atoms with Gasteiger partial charge in [0.05, 0.1) is 26.4 Å². The van der Waals surface area contributed by atoms with Gasteiger partial charge in [0.25, 0.3) is 5.91 Å². The fourth-order valence-electron chi connectivity index (χ4n) is 4.62. The summed E-state index contributed by atoms with van der Waals surface area (Å²) < 4.78 is 10.4. The molecular formula is C22H30N4O5. The van der Waals surface area contributed by atoms with Crippen molar-refractivity contribution in [3.63, 3.8) is 0 Å². The van der Waals surface area contributed by atoms with Crippen molar-refractivity contribution in [2.75, 3.05) is 46.5 Å². The van der Waals surface area contributed by atoms with Crippen LogP contribution in [0.1, 0.15) is 29.6 Å². The van der Waals surface area contributed by atoms with E-state index in [1.165, 1.54) is 0 Å². The highest BCUT2D eigenvalue weighted by molar-refractivity contribution is 5.94. The second-order valence-electron chi connectivity index (χ2n) is 8.28. The summed E-state index contributed by atoms with van der Waals surface area (Å²) in [6.45, 7) is 3.61. The van der Waals surface area contributed by atoms with E-state index in [4.69, 9.17) is 9.47 Å². The van der Waals surface area contributed by atoms with Crippen molar-refractivity contribution in [3.05, 3.63) is 29.8 Å². The minimum absolute atomic E-state index is 0.00282. The molecule has 9 heteroatoms. The molecule has 2 N–H and O–H groups in total. The van der Waals surface area contributed by atoms with Gasteiger partial charge in [-0.25, -0.2) is 0 Å². The number of methoxy groups -OCH3 is 1. The normalized spacial score (nSPS) is 26.2. The van der Waals surface area contributed by atoms with E-state index in [1.807, 2.05) is 4.90 Å². The molecule has 3 heterocycles. The topological polar surface area (TPSA) is 100 Å². The minimum Gasteiger partial charge on any atom is -0.497 e. The van der Waals surface area contributed by atoms with Gasteiger partial charge in [-0.1, -0.05) is 0 Å². The number of fused-ring (bicyclic) bond motifs is 1. The molecule has 31 heavy (non-hydrogen) atoms. The van der Waals surface area contributed by atoms with Crippen LogP contribution in [0.15, 0.2) is 24.3 Å². The number of amides is 3. The Morgan fingerprint density at radius 1 is 1.23 bits per heavy atom. The zero-order valence-electron chi connectivity index (χ0n) is 17.8. The van der Waals surface area contributed by atoms with Crippen LogP contribution in [0, 0.1) is 0 Å². The molecule has 3 aliphatic rings. The lowest BCUT2D eigenvalue weighted by Gasteiger charge is -2.37. The number of morpholine rings is 1. The van der Waals surface area contributed by atoms with Gasteiger partial charge in [-0.15, -0.1) is 0 Å². The van der Waals surface area contributed by atoms with Crippen molar-refractivity contribution in [1.82, 2.24) is 20.4 Å². The van der Waals surface area contributed by atoms with Crippen molar-refractivity contribution >= 4 is 17.7 Å². The summed E-state index contributed by atoms with van der Waals surface area (Å²) in [6, 6.07) is 6.67. The van der Waals surface area contributed by atoms with Crippen LogP contribution in [0.3, 0.4) is 0 Å². The number of benzene rings is 1. The lowest BCUT2D eigenvalue weighted by atomic mass is 10.0. The first kappa shape index (κ1) is 21.6. The van der Waals surface area contributed by atoms with Crippen LogP contribution in [0.25, 0.3) is 0 Å². The maximum atomic E-state index is 12.6. The third kappa shape index (κ3) is 4.99. The molecule has 3 atom stereocenters. The summed E-state index contributed by atoms with van der Waals surface area (Å²) in [5.74, 6) is 0.671. The highest BCUT2D eigenvalue weighted by atomic mass is 16.5. The van der Waals surface area contributed by atoms with Gasteiger partial charge in [-0.3, -0.25) is 19.3 Å². The summed E-state index contributed by atoms with van der Waals surface area (Å²) in [7, 11) is 1.58. The van der Waals surface area contributed by atoms with Gasteiger partial charge in [0.2, 0.25) is 11.8 Å². The Morgan fingerprint density at radius 2 is 1.97 bits per heavy atom. The van der Waals surface area contributed by atoms with Crippen LogP contribution in [-0.2, 0) is 14.3 Å². The molecule has 1 aromatic carbocycles. The molecule has 3 aliphatic heterocycles. The van der Waals surface area contributed by atoms with Crippen molar-refractivity contribution in [2.24, 2.45) is 0 Å². The van der Waals surface area contributed by atoms with E-state index in [0.29, 0.717) is 70.0 Å². The van der Waals surface area contributed by atoms with Gasteiger partial charge in [0.15, 0.2) is 0 Å².